The zero-order valence-electron chi connectivity index (χ0n) is 54.8. The number of hydrogen-bond acceptors (Lipinski definition) is 5. The minimum absolute atomic E-state index is 0.0125. The van der Waals surface area contributed by atoms with Gasteiger partial charge >= 0.3 is 5.97 Å². The van der Waals surface area contributed by atoms with Gasteiger partial charge in [0.05, 0.1) is 25.4 Å². The van der Waals surface area contributed by atoms with Crippen molar-refractivity contribution in [1.82, 2.24) is 5.32 Å². The van der Waals surface area contributed by atoms with E-state index in [-0.39, 0.29) is 18.5 Å². The fourth-order valence-corrected chi connectivity index (χ4v) is 11.6. The van der Waals surface area contributed by atoms with Crippen LogP contribution in [0.15, 0.2) is 36.5 Å². The van der Waals surface area contributed by atoms with Crippen molar-refractivity contribution in [1.29, 1.82) is 0 Å². The topological polar surface area (TPSA) is 95.9 Å². The smallest absolute Gasteiger partial charge is 0.305 e. The molecule has 2 unspecified atom stereocenters. The highest BCUT2D eigenvalue weighted by atomic mass is 16.5. The molecule has 0 aliphatic carbocycles. The molecule has 2 atom stereocenters. The maximum atomic E-state index is 12.5. The molecule has 0 rings (SSSR count). The second kappa shape index (κ2) is 70.6. The van der Waals surface area contributed by atoms with Crippen LogP contribution in [0.3, 0.4) is 0 Å². The van der Waals surface area contributed by atoms with Crippen molar-refractivity contribution in [2.75, 3.05) is 13.2 Å². The lowest BCUT2D eigenvalue weighted by molar-refractivity contribution is -0.143. The number of aliphatic hydroxyl groups excluding tert-OH is 2. The summed E-state index contributed by atoms with van der Waals surface area (Å²) in [5.74, 6) is -0.0486. The Bertz CT molecular complexity index is 1310. The minimum Gasteiger partial charge on any atom is -0.466 e. The molecule has 0 spiro atoms. The molecule has 0 aromatic rings. The zero-order valence-corrected chi connectivity index (χ0v) is 54.8. The van der Waals surface area contributed by atoms with Crippen molar-refractivity contribution in [2.24, 2.45) is 0 Å². The number of carbonyl (C=O) groups is 2. The van der Waals surface area contributed by atoms with Crippen LogP contribution in [0.25, 0.3) is 0 Å². The van der Waals surface area contributed by atoms with E-state index < -0.39 is 12.1 Å². The first-order valence-corrected chi connectivity index (χ1v) is 36.8. The van der Waals surface area contributed by atoms with Crippen LogP contribution in [0.4, 0.5) is 0 Å². The fourth-order valence-electron chi connectivity index (χ4n) is 11.6. The van der Waals surface area contributed by atoms with Crippen LogP contribution in [-0.2, 0) is 14.3 Å². The number of unbranched alkanes of at least 4 members (excludes halogenated alkanes) is 54. The van der Waals surface area contributed by atoms with Gasteiger partial charge < -0.3 is 20.3 Å². The van der Waals surface area contributed by atoms with Gasteiger partial charge in [-0.25, -0.2) is 0 Å². The highest BCUT2D eigenvalue weighted by Gasteiger charge is 2.18. The van der Waals surface area contributed by atoms with Gasteiger partial charge in [0.25, 0.3) is 0 Å². The number of nitrogens with one attached hydrogen (secondary N) is 1. The summed E-state index contributed by atoms with van der Waals surface area (Å²) in [5, 5.41) is 23.2. The molecule has 3 N–H and O–H groups in total. The highest BCUT2D eigenvalue weighted by Crippen LogP contribution is 2.19. The second-order valence-corrected chi connectivity index (χ2v) is 25.3. The summed E-state index contributed by atoms with van der Waals surface area (Å²) in [7, 11) is 0. The lowest BCUT2D eigenvalue weighted by atomic mass is 10.0. The Morgan fingerprint density at radius 2 is 0.617 bits per heavy atom. The molecule has 0 saturated heterocycles. The van der Waals surface area contributed by atoms with Crippen LogP contribution < -0.4 is 5.32 Å². The van der Waals surface area contributed by atoms with Gasteiger partial charge in [0.15, 0.2) is 0 Å². The average Bonchev–Trinajstić information content (AvgIpc) is 3.47. The van der Waals surface area contributed by atoms with Gasteiger partial charge in [-0.15, -0.1) is 0 Å². The normalized spacial score (nSPS) is 12.7. The third-order valence-electron chi connectivity index (χ3n) is 17.2. The van der Waals surface area contributed by atoms with Crippen molar-refractivity contribution < 1.29 is 24.5 Å². The van der Waals surface area contributed by atoms with Crippen LogP contribution in [0.5, 0.6) is 0 Å². The molecule has 81 heavy (non-hydrogen) atoms. The number of esters is 1. The highest BCUT2D eigenvalue weighted by molar-refractivity contribution is 5.76. The van der Waals surface area contributed by atoms with Crippen LogP contribution >= 0.6 is 0 Å². The molecule has 0 radical (unpaired) electrons. The van der Waals surface area contributed by atoms with Crippen LogP contribution in [0.1, 0.15) is 406 Å². The van der Waals surface area contributed by atoms with E-state index in [1.54, 1.807) is 6.08 Å². The van der Waals surface area contributed by atoms with Gasteiger partial charge in [0, 0.05) is 12.8 Å². The lowest BCUT2D eigenvalue weighted by Gasteiger charge is -2.20. The molecule has 6 heteroatoms. The molecule has 1 amide bonds. The standard InChI is InChI=1S/C75H143NO5/c1-3-5-7-9-11-13-15-17-19-35-39-43-47-51-55-59-63-67-73(78)72(71-77)76-74(79)68-64-60-56-52-48-44-40-37-33-31-29-27-25-23-21-22-24-26-28-30-32-34-38-42-46-50-54-58-62-66-70-81-75(80)69-65-61-57-53-49-45-41-36-20-18-16-14-12-10-8-6-4-2/h12,14,18,20,63,67,72-73,77-78H,3-11,13,15-17,19,21-62,64-66,68-71H2,1-2H3,(H,76,79)/b14-12-,20-18-,67-63+. The number of amides is 1. The van der Waals surface area contributed by atoms with E-state index in [4.69, 9.17) is 4.74 Å². The van der Waals surface area contributed by atoms with E-state index in [9.17, 15) is 19.8 Å². The molecule has 0 bridgehead atoms. The molecule has 6 nitrogen and oxygen atoms in total. The van der Waals surface area contributed by atoms with E-state index in [0.717, 1.165) is 51.4 Å². The largest absolute Gasteiger partial charge is 0.466 e. The minimum atomic E-state index is -0.842. The quantitative estimate of drug-likeness (QED) is 0.0320. The molecule has 478 valence electrons. The number of carbonyl (C=O) groups excluding carboxylic acids is 2. The predicted octanol–water partition coefficient (Wildman–Crippen LogP) is 23.9. The Hall–Kier alpha value is -1.92. The number of rotatable bonds is 69. The summed E-state index contributed by atoms with van der Waals surface area (Å²) in [6, 6.07) is -0.625. The van der Waals surface area contributed by atoms with E-state index >= 15 is 0 Å². The van der Waals surface area contributed by atoms with Crippen molar-refractivity contribution in [3.8, 4) is 0 Å². The SMILES string of the molecule is CCCCC/C=C\C/C=C\CCCCCCCCCC(=O)OCCCCCCCCCCCCCCCCCCCCCCCCCCCCCCCCC(=O)NC(CO)C(O)/C=C/CCCCCCCCCCCCCCCCC. The Morgan fingerprint density at radius 1 is 0.346 bits per heavy atom. The fraction of sp³-hybridized carbons (Fsp3) is 0.893. The van der Waals surface area contributed by atoms with Gasteiger partial charge in [-0.2, -0.15) is 0 Å². The molecule has 0 aromatic heterocycles. The monoisotopic (exact) mass is 1140 g/mol. The first-order valence-electron chi connectivity index (χ1n) is 36.8. The maximum absolute atomic E-state index is 12.5. The second-order valence-electron chi connectivity index (χ2n) is 25.3. The third-order valence-corrected chi connectivity index (χ3v) is 17.2. The molecule has 0 saturated carbocycles. The Kier molecular flexibility index (Phi) is 68.9. The molecule has 0 aliphatic rings. The zero-order chi connectivity index (χ0) is 58.5. The Balaban J connectivity index is 3.35. The summed E-state index contributed by atoms with van der Waals surface area (Å²) in [6.07, 6.45) is 90.9. The summed E-state index contributed by atoms with van der Waals surface area (Å²) >= 11 is 0. The van der Waals surface area contributed by atoms with Crippen molar-refractivity contribution in [3.63, 3.8) is 0 Å². The van der Waals surface area contributed by atoms with Crippen molar-refractivity contribution in [2.45, 2.75) is 418 Å². The van der Waals surface area contributed by atoms with Gasteiger partial charge in [-0.3, -0.25) is 9.59 Å². The molecular formula is C75H143NO5. The van der Waals surface area contributed by atoms with Gasteiger partial charge in [-0.1, -0.05) is 365 Å². The van der Waals surface area contributed by atoms with Gasteiger partial charge in [-0.05, 0) is 64.2 Å². The number of aliphatic hydroxyl groups is 2. The van der Waals surface area contributed by atoms with Crippen LogP contribution in [0, 0.1) is 0 Å². The van der Waals surface area contributed by atoms with E-state index in [2.05, 4.69) is 43.5 Å². The molecule has 0 heterocycles. The predicted molar refractivity (Wildman–Crippen MR) is 356 cm³/mol. The number of ether oxygens (including phenoxy) is 1. The first-order chi connectivity index (χ1) is 40.0. The van der Waals surface area contributed by atoms with Gasteiger partial charge in [0.2, 0.25) is 5.91 Å². The van der Waals surface area contributed by atoms with Crippen LogP contribution in [-0.4, -0.2) is 47.4 Å². The molecule has 0 aromatic carbocycles. The summed E-state index contributed by atoms with van der Waals surface area (Å²) in [6.45, 7) is 4.91. The summed E-state index contributed by atoms with van der Waals surface area (Å²) in [4.78, 5) is 24.6. The summed E-state index contributed by atoms with van der Waals surface area (Å²) in [5.41, 5.74) is 0. The van der Waals surface area contributed by atoms with E-state index in [1.807, 2.05) is 6.08 Å². The lowest BCUT2D eigenvalue weighted by Crippen LogP contribution is -2.45. The van der Waals surface area contributed by atoms with E-state index in [1.165, 1.54) is 327 Å². The first kappa shape index (κ1) is 79.1. The third kappa shape index (κ3) is 67.1. The average molecular weight is 1140 g/mol. The summed E-state index contributed by atoms with van der Waals surface area (Å²) < 4.78 is 5.50. The molecule has 0 aliphatic heterocycles. The van der Waals surface area contributed by atoms with Crippen molar-refractivity contribution >= 4 is 11.9 Å². The van der Waals surface area contributed by atoms with E-state index in [0.29, 0.717) is 19.4 Å². The van der Waals surface area contributed by atoms with Gasteiger partial charge in [0.1, 0.15) is 0 Å². The maximum Gasteiger partial charge on any atom is 0.305 e. The number of hydrogen-bond donors (Lipinski definition) is 3. The Morgan fingerprint density at radius 3 is 0.963 bits per heavy atom. The van der Waals surface area contributed by atoms with Crippen molar-refractivity contribution in [3.05, 3.63) is 36.5 Å². The number of allylic oxidation sites excluding steroid dienone is 5. The molecule has 0 fully saturated rings. The Labute approximate surface area is 506 Å². The van der Waals surface area contributed by atoms with Crippen LogP contribution in [0.2, 0.25) is 0 Å². The molecular weight excluding hydrogens is 995 g/mol.